The highest BCUT2D eigenvalue weighted by molar-refractivity contribution is 8.15. The van der Waals surface area contributed by atoms with Crippen LogP contribution in [-0.4, -0.2) is 5.11 Å². The molecule has 0 heterocycles. The molecule has 0 aliphatic carbocycles. The smallest absolute Gasteiger partial charge is 0.115 e. The largest absolute Gasteiger partial charge is 0.508 e. The molecule has 0 atom stereocenters. The third-order valence-electron chi connectivity index (χ3n) is 3.65. The van der Waals surface area contributed by atoms with Crippen LogP contribution in [0.4, 0.5) is 0 Å². The summed E-state index contributed by atoms with van der Waals surface area (Å²) in [6.07, 6.45) is 0. The average Bonchev–Trinajstić information content (AvgIpc) is 2.64. The quantitative estimate of drug-likeness (QED) is 0.507. The molecular formula is C21H20OS2. The van der Waals surface area contributed by atoms with Gasteiger partial charge in [-0.1, -0.05) is 72.8 Å². The summed E-state index contributed by atoms with van der Waals surface area (Å²) in [6.45, 7) is 0. The number of phenolic OH excluding ortho intramolecular Hbond substituents is 1. The van der Waals surface area contributed by atoms with E-state index in [0.29, 0.717) is 10.3 Å². The molecule has 0 unspecified atom stereocenters. The van der Waals surface area contributed by atoms with Gasteiger partial charge in [-0.3, -0.25) is 0 Å². The first-order valence-corrected chi connectivity index (χ1v) is 10.0. The number of thioether (sulfide) groups is 2. The Balaban J connectivity index is 1.69. The molecule has 0 radical (unpaired) electrons. The van der Waals surface area contributed by atoms with E-state index < -0.39 is 0 Å². The summed E-state index contributed by atoms with van der Waals surface area (Å²) in [4.78, 5) is 0. The molecular weight excluding hydrogens is 332 g/mol. The zero-order valence-corrected chi connectivity index (χ0v) is 15.0. The molecule has 0 saturated heterocycles. The number of hydrogen-bond donors (Lipinski definition) is 1. The Kier molecular flexibility index (Phi) is 6.27. The second-order valence-corrected chi connectivity index (χ2v) is 8.00. The van der Waals surface area contributed by atoms with Gasteiger partial charge in [-0.2, -0.15) is 0 Å². The maximum absolute atomic E-state index is 9.54. The van der Waals surface area contributed by atoms with E-state index in [1.807, 2.05) is 35.7 Å². The van der Waals surface area contributed by atoms with Gasteiger partial charge in [0, 0.05) is 11.5 Å². The maximum atomic E-state index is 9.54. The molecule has 122 valence electrons. The van der Waals surface area contributed by atoms with E-state index in [1.54, 1.807) is 12.1 Å². The molecule has 0 fully saturated rings. The number of aromatic hydroxyl groups is 1. The summed E-state index contributed by atoms with van der Waals surface area (Å²) in [5.74, 6) is 2.28. The van der Waals surface area contributed by atoms with E-state index in [-0.39, 0.29) is 0 Å². The summed E-state index contributed by atoms with van der Waals surface area (Å²) < 4.78 is 0.339. The van der Waals surface area contributed by atoms with Crippen LogP contribution in [0.25, 0.3) is 0 Å². The van der Waals surface area contributed by atoms with Crippen LogP contribution in [0.2, 0.25) is 0 Å². The maximum Gasteiger partial charge on any atom is 0.115 e. The molecule has 3 heteroatoms. The summed E-state index contributed by atoms with van der Waals surface area (Å²) in [5.41, 5.74) is 3.92. The lowest BCUT2D eigenvalue weighted by Crippen LogP contribution is -1.92. The van der Waals surface area contributed by atoms with Crippen molar-refractivity contribution in [1.82, 2.24) is 0 Å². The Morgan fingerprint density at radius 1 is 0.625 bits per heavy atom. The molecule has 0 aliphatic heterocycles. The summed E-state index contributed by atoms with van der Waals surface area (Å²) >= 11 is 3.87. The first-order chi connectivity index (χ1) is 11.8. The van der Waals surface area contributed by atoms with Crippen LogP contribution in [0.3, 0.4) is 0 Å². The first-order valence-electron chi connectivity index (χ1n) is 7.91. The van der Waals surface area contributed by atoms with Gasteiger partial charge >= 0.3 is 0 Å². The molecule has 0 spiro atoms. The van der Waals surface area contributed by atoms with E-state index in [4.69, 9.17) is 0 Å². The average molecular weight is 353 g/mol. The molecule has 3 aromatic carbocycles. The highest BCUT2D eigenvalue weighted by Crippen LogP contribution is 2.42. The van der Waals surface area contributed by atoms with Crippen LogP contribution in [-0.2, 0) is 11.5 Å². The molecule has 0 amide bonds. The lowest BCUT2D eigenvalue weighted by Gasteiger charge is -2.17. The minimum Gasteiger partial charge on any atom is -0.508 e. The fourth-order valence-electron chi connectivity index (χ4n) is 2.36. The first kappa shape index (κ1) is 17.0. The van der Waals surface area contributed by atoms with Gasteiger partial charge in [0.15, 0.2) is 0 Å². The Morgan fingerprint density at radius 2 is 1.08 bits per heavy atom. The van der Waals surface area contributed by atoms with Crippen molar-refractivity contribution in [2.75, 3.05) is 0 Å². The van der Waals surface area contributed by atoms with Crippen LogP contribution in [0.15, 0.2) is 84.9 Å². The minimum atomic E-state index is 0.318. The van der Waals surface area contributed by atoms with Crippen molar-refractivity contribution < 1.29 is 5.11 Å². The third-order valence-corrected chi connectivity index (χ3v) is 6.62. The second-order valence-electron chi connectivity index (χ2n) is 5.52. The Morgan fingerprint density at radius 3 is 1.54 bits per heavy atom. The van der Waals surface area contributed by atoms with Gasteiger partial charge in [0.2, 0.25) is 0 Å². The van der Waals surface area contributed by atoms with Crippen molar-refractivity contribution in [3.8, 4) is 5.75 Å². The number of hydrogen-bond acceptors (Lipinski definition) is 3. The molecule has 0 bridgehead atoms. The van der Waals surface area contributed by atoms with Crippen LogP contribution in [0.5, 0.6) is 5.75 Å². The van der Waals surface area contributed by atoms with E-state index in [2.05, 4.69) is 60.7 Å². The van der Waals surface area contributed by atoms with Crippen molar-refractivity contribution >= 4 is 23.5 Å². The molecule has 0 aromatic heterocycles. The predicted octanol–water partition coefficient (Wildman–Crippen LogP) is 6.26. The van der Waals surface area contributed by atoms with Gasteiger partial charge in [0.05, 0.1) is 4.58 Å². The summed E-state index contributed by atoms with van der Waals surface area (Å²) in [5, 5.41) is 9.54. The van der Waals surface area contributed by atoms with E-state index in [1.165, 1.54) is 16.7 Å². The molecule has 24 heavy (non-hydrogen) atoms. The van der Waals surface area contributed by atoms with E-state index in [0.717, 1.165) is 11.5 Å². The monoisotopic (exact) mass is 352 g/mol. The number of phenols is 1. The normalized spacial score (nSPS) is 10.9. The topological polar surface area (TPSA) is 20.2 Å². The molecule has 3 rings (SSSR count). The zero-order chi connectivity index (χ0) is 16.6. The van der Waals surface area contributed by atoms with Crippen molar-refractivity contribution in [3.05, 3.63) is 102 Å². The molecule has 1 N–H and O–H groups in total. The molecule has 3 aromatic rings. The fraction of sp³-hybridized carbons (Fsp3) is 0.143. The van der Waals surface area contributed by atoms with Crippen LogP contribution in [0, 0.1) is 0 Å². The Hall–Kier alpha value is -1.84. The van der Waals surface area contributed by atoms with Gasteiger partial charge < -0.3 is 5.11 Å². The number of rotatable bonds is 7. The van der Waals surface area contributed by atoms with E-state index >= 15 is 0 Å². The lowest BCUT2D eigenvalue weighted by molar-refractivity contribution is 0.475. The highest BCUT2D eigenvalue weighted by Gasteiger charge is 2.13. The fourth-order valence-corrected chi connectivity index (χ4v) is 4.93. The SMILES string of the molecule is Oc1ccc(C(SCc2ccccc2)SCc2ccccc2)cc1. The zero-order valence-electron chi connectivity index (χ0n) is 13.3. The highest BCUT2D eigenvalue weighted by atomic mass is 32.2. The van der Waals surface area contributed by atoms with Gasteiger partial charge in [-0.25, -0.2) is 0 Å². The standard InChI is InChI=1S/C21H20OS2/c22-20-13-11-19(12-14-20)21(23-15-17-7-3-1-4-8-17)24-16-18-9-5-2-6-10-18/h1-14,21-22H,15-16H2. The predicted molar refractivity (Wildman–Crippen MR) is 106 cm³/mol. The van der Waals surface area contributed by atoms with Gasteiger partial charge in [0.25, 0.3) is 0 Å². The van der Waals surface area contributed by atoms with Crippen LogP contribution >= 0.6 is 23.5 Å². The summed E-state index contributed by atoms with van der Waals surface area (Å²) in [7, 11) is 0. The lowest BCUT2D eigenvalue weighted by atomic mass is 10.2. The van der Waals surface area contributed by atoms with Crippen molar-refractivity contribution in [3.63, 3.8) is 0 Å². The Bertz CT molecular complexity index is 683. The summed E-state index contributed by atoms with van der Waals surface area (Å²) in [6, 6.07) is 28.7. The van der Waals surface area contributed by atoms with Gasteiger partial charge in [-0.15, -0.1) is 23.5 Å². The molecule has 0 saturated carbocycles. The molecule has 0 aliphatic rings. The van der Waals surface area contributed by atoms with Crippen LogP contribution in [0.1, 0.15) is 21.3 Å². The van der Waals surface area contributed by atoms with Crippen molar-refractivity contribution in [1.29, 1.82) is 0 Å². The minimum absolute atomic E-state index is 0.318. The van der Waals surface area contributed by atoms with Crippen molar-refractivity contribution in [2.45, 2.75) is 16.1 Å². The van der Waals surface area contributed by atoms with Crippen molar-refractivity contribution in [2.24, 2.45) is 0 Å². The van der Waals surface area contributed by atoms with Crippen LogP contribution < -0.4 is 0 Å². The molecule has 1 nitrogen and oxygen atoms in total. The van der Waals surface area contributed by atoms with Gasteiger partial charge in [0.1, 0.15) is 5.75 Å². The van der Waals surface area contributed by atoms with E-state index in [9.17, 15) is 5.11 Å². The number of benzene rings is 3. The second kappa shape index (κ2) is 8.86. The third kappa shape index (κ3) is 5.08. The van der Waals surface area contributed by atoms with Gasteiger partial charge in [-0.05, 0) is 28.8 Å². The Labute approximate surface area is 152 Å².